The number of rotatable bonds is 6. The van der Waals surface area contributed by atoms with Gasteiger partial charge in [-0.3, -0.25) is 9.59 Å². The van der Waals surface area contributed by atoms with E-state index in [-0.39, 0.29) is 12.3 Å². The number of carbonyl (C=O) groups excluding carboxylic acids is 2. The van der Waals surface area contributed by atoms with Crippen LogP contribution in [0.2, 0.25) is 0 Å². The van der Waals surface area contributed by atoms with Crippen molar-refractivity contribution in [2.45, 2.75) is 16.2 Å². The zero-order chi connectivity index (χ0) is 21.1. The van der Waals surface area contributed by atoms with Gasteiger partial charge >= 0.3 is 0 Å². The molecule has 4 rings (SSSR count). The van der Waals surface area contributed by atoms with Gasteiger partial charge < -0.3 is 20.7 Å². The number of carbonyl (C=O) groups is 2. The number of nitrogens with two attached hydrogens (primary N) is 1. The van der Waals surface area contributed by atoms with E-state index in [2.05, 4.69) is 34.5 Å². The maximum absolute atomic E-state index is 12.7. The van der Waals surface area contributed by atoms with E-state index in [1.54, 1.807) is 23.9 Å². The van der Waals surface area contributed by atoms with Gasteiger partial charge in [0, 0.05) is 28.3 Å². The topological polar surface area (TPSA) is 84.7 Å². The minimum absolute atomic E-state index is 0.178. The Balaban J connectivity index is 1.53. The lowest BCUT2D eigenvalue weighted by Gasteiger charge is -2.32. The minimum atomic E-state index is -0.563. The highest BCUT2D eigenvalue weighted by Gasteiger charge is 2.23. The molecule has 0 atom stereocenters. The number of hydrogen-bond acceptors (Lipinski definition) is 5. The third-order valence-electron chi connectivity index (χ3n) is 4.85. The quantitative estimate of drug-likeness (QED) is 0.618. The standard InChI is InChI=1S/C23H21N3O3S/c1-29-19-11-10-15(23(24)28)14-16(19)25-22(27)12-13-26-17-6-2-4-8-20(17)30-21-9-5-3-7-18(21)26/h2-11,14H,12-13H2,1H3,(H2,24,28)(H,25,27). The van der Waals surface area contributed by atoms with Crippen molar-refractivity contribution in [1.82, 2.24) is 0 Å². The Morgan fingerprint density at radius 2 is 1.63 bits per heavy atom. The largest absolute Gasteiger partial charge is 0.495 e. The first kappa shape index (κ1) is 19.8. The van der Waals surface area contributed by atoms with Crippen molar-refractivity contribution in [2.75, 3.05) is 23.9 Å². The van der Waals surface area contributed by atoms with Crippen LogP contribution in [0.5, 0.6) is 5.75 Å². The van der Waals surface area contributed by atoms with Gasteiger partial charge in [-0.15, -0.1) is 0 Å². The van der Waals surface area contributed by atoms with Crippen molar-refractivity contribution in [1.29, 1.82) is 0 Å². The van der Waals surface area contributed by atoms with E-state index >= 15 is 0 Å². The number of para-hydroxylation sites is 2. The third kappa shape index (κ3) is 3.97. The van der Waals surface area contributed by atoms with E-state index in [1.807, 2.05) is 24.3 Å². The normalized spacial score (nSPS) is 12.0. The SMILES string of the molecule is COc1ccc(C(N)=O)cc1NC(=O)CCN1c2ccccc2Sc2ccccc21. The first-order valence-corrected chi connectivity index (χ1v) is 10.3. The number of fused-ring (bicyclic) bond motifs is 2. The number of ether oxygens (including phenoxy) is 1. The summed E-state index contributed by atoms with van der Waals surface area (Å²) in [5, 5.41) is 2.84. The van der Waals surface area contributed by atoms with Gasteiger partial charge in [-0.25, -0.2) is 0 Å². The Morgan fingerprint density at radius 3 is 2.23 bits per heavy atom. The lowest BCUT2D eigenvalue weighted by Crippen LogP contribution is -2.26. The van der Waals surface area contributed by atoms with E-state index < -0.39 is 5.91 Å². The Labute approximate surface area is 179 Å². The van der Waals surface area contributed by atoms with Crippen LogP contribution in [0.4, 0.5) is 17.1 Å². The highest BCUT2D eigenvalue weighted by molar-refractivity contribution is 7.99. The average molecular weight is 420 g/mol. The monoisotopic (exact) mass is 419 g/mol. The third-order valence-corrected chi connectivity index (χ3v) is 5.98. The van der Waals surface area contributed by atoms with E-state index in [0.717, 1.165) is 21.2 Å². The molecule has 3 aromatic carbocycles. The average Bonchev–Trinajstić information content (AvgIpc) is 2.76. The number of primary amides is 1. The molecule has 152 valence electrons. The molecule has 3 aromatic rings. The first-order valence-electron chi connectivity index (χ1n) is 9.48. The molecule has 0 spiro atoms. The molecule has 3 N–H and O–H groups in total. The van der Waals surface area contributed by atoms with Crippen LogP contribution in [0.1, 0.15) is 16.8 Å². The van der Waals surface area contributed by atoms with E-state index in [4.69, 9.17) is 10.5 Å². The van der Waals surface area contributed by atoms with Crippen molar-refractivity contribution in [3.05, 3.63) is 72.3 Å². The molecule has 0 aliphatic carbocycles. The summed E-state index contributed by atoms with van der Waals surface area (Å²) in [6, 6.07) is 21.0. The molecule has 1 heterocycles. The number of nitrogens with zero attached hydrogens (tertiary/aromatic N) is 1. The van der Waals surface area contributed by atoms with Crippen LogP contribution in [-0.2, 0) is 4.79 Å². The predicted molar refractivity (Wildman–Crippen MR) is 119 cm³/mol. The fourth-order valence-corrected chi connectivity index (χ4v) is 4.50. The Kier molecular flexibility index (Phi) is 5.63. The summed E-state index contributed by atoms with van der Waals surface area (Å²) in [5.41, 5.74) is 8.25. The van der Waals surface area contributed by atoms with Crippen LogP contribution >= 0.6 is 11.8 Å². The Bertz CT molecular complexity index is 1070. The second-order valence-corrected chi connectivity index (χ2v) is 7.85. The van der Waals surface area contributed by atoms with Gasteiger partial charge in [0.05, 0.1) is 24.2 Å². The van der Waals surface area contributed by atoms with Crippen molar-refractivity contribution in [3.63, 3.8) is 0 Å². The second kappa shape index (κ2) is 8.51. The summed E-state index contributed by atoms with van der Waals surface area (Å²) < 4.78 is 5.29. The van der Waals surface area contributed by atoms with Crippen LogP contribution in [0.25, 0.3) is 0 Å². The minimum Gasteiger partial charge on any atom is -0.495 e. The number of hydrogen-bond donors (Lipinski definition) is 2. The molecule has 0 radical (unpaired) electrons. The number of anilines is 3. The Morgan fingerprint density at radius 1 is 1.00 bits per heavy atom. The summed E-state index contributed by atoms with van der Waals surface area (Å²) in [4.78, 5) is 28.7. The number of methoxy groups -OCH3 is 1. The summed E-state index contributed by atoms with van der Waals surface area (Å²) >= 11 is 1.73. The highest BCUT2D eigenvalue weighted by atomic mass is 32.2. The van der Waals surface area contributed by atoms with Crippen molar-refractivity contribution < 1.29 is 14.3 Å². The van der Waals surface area contributed by atoms with Gasteiger partial charge in [-0.05, 0) is 42.5 Å². The number of amides is 2. The van der Waals surface area contributed by atoms with Crippen molar-refractivity contribution >= 4 is 40.6 Å². The van der Waals surface area contributed by atoms with Crippen LogP contribution < -0.4 is 20.7 Å². The fraction of sp³-hybridized carbons (Fsp3) is 0.130. The van der Waals surface area contributed by atoms with Gasteiger partial charge in [0.2, 0.25) is 11.8 Å². The molecule has 6 nitrogen and oxygen atoms in total. The molecule has 1 aliphatic heterocycles. The van der Waals surface area contributed by atoms with E-state index in [1.165, 1.54) is 13.2 Å². The van der Waals surface area contributed by atoms with Crippen molar-refractivity contribution in [2.24, 2.45) is 5.73 Å². The van der Waals surface area contributed by atoms with Crippen LogP contribution in [0.15, 0.2) is 76.5 Å². The zero-order valence-electron chi connectivity index (χ0n) is 16.4. The molecule has 2 amide bonds. The van der Waals surface area contributed by atoms with Crippen LogP contribution in [0, 0.1) is 0 Å². The fourth-order valence-electron chi connectivity index (χ4n) is 3.41. The maximum Gasteiger partial charge on any atom is 0.248 e. The van der Waals surface area contributed by atoms with Gasteiger partial charge in [-0.1, -0.05) is 36.0 Å². The Hall–Kier alpha value is -3.45. The van der Waals surface area contributed by atoms with Crippen LogP contribution in [0.3, 0.4) is 0 Å². The number of nitrogens with one attached hydrogen (secondary N) is 1. The van der Waals surface area contributed by atoms with Gasteiger partial charge in [0.1, 0.15) is 5.75 Å². The smallest absolute Gasteiger partial charge is 0.248 e. The first-order chi connectivity index (χ1) is 14.6. The lowest BCUT2D eigenvalue weighted by molar-refractivity contribution is -0.116. The molecule has 0 saturated heterocycles. The summed E-state index contributed by atoms with van der Waals surface area (Å²) in [7, 11) is 1.51. The number of benzene rings is 3. The van der Waals surface area contributed by atoms with Crippen molar-refractivity contribution in [3.8, 4) is 5.75 Å². The summed E-state index contributed by atoms with van der Waals surface area (Å²) in [6.45, 7) is 0.512. The summed E-state index contributed by atoms with van der Waals surface area (Å²) in [6.07, 6.45) is 0.261. The molecule has 7 heteroatoms. The maximum atomic E-state index is 12.7. The van der Waals surface area contributed by atoms with Gasteiger partial charge in [0.25, 0.3) is 0 Å². The lowest BCUT2D eigenvalue weighted by atomic mass is 10.1. The molecule has 30 heavy (non-hydrogen) atoms. The molecule has 0 saturated carbocycles. The molecular formula is C23H21N3O3S. The second-order valence-electron chi connectivity index (χ2n) is 6.77. The zero-order valence-corrected chi connectivity index (χ0v) is 17.2. The van der Waals surface area contributed by atoms with Crippen LogP contribution in [-0.4, -0.2) is 25.5 Å². The molecule has 0 fully saturated rings. The highest BCUT2D eigenvalue weighted by Crippen LogP contribution is 2.47. The molecule has 0 aromatic heterocycles. The molecule has 0 unspecified atom stereocenters. The summed E-state index contributed by atoms with van der Waals surface area (Å²) in [5.74, 6) is -0.270. The molecular weight excluding hydrogens is 398 g/mol. The van der Waals surface area contributed by atoms with Gasteiger partial charge in [-0.2, -0.15) is 0 Å². The van der Waals surface area contributed by atoms with E-state index in [0.29, 0.717) is 23.5 Å². The predicted octanol–water partition coefficient (Wildman–Crippen LogP) is 4.43. The van der Waals surface area contributed by atoms with E-state index in [9.17, 15) is 9.59 Å². The van der Waals surface area contributed by atoms with Gasteiger partial charge in [0.15, 0.2) is 0 Å². The molecule has 1 aliphatic rings. The molecule has 0 bridgehead atoms.